The molecule has 2 bridgehead atoms. The molecule has 82 valence electrons. The summed E-state index contributed by atoms with van der Waals surface area (Å²) in [5.74, 6) is 5.67. The second kappa shape index (κ2) is 1.88. The maximum atomic E-state index is 12.1. The van der Waals surface area contributed by atoms with E-state index >= 15 is 0 Å². The van der Waals surface area contributed by atoms with E-state index in [0.717, 1.165) is 16.8 Å². The standard InChI is InChI=1S/C12H12N2O2/c13-14-10(15)7-4-1-2-5(8(7)11(14)16)12-3-6(12)9(4)12/h1-2,4-9H,3,13H2/p+1. The zero-order valence-corrected chi connectivity index (χ0v) is 8.80. The van der Waals surface area contributed by atoms with Crippen LogP contribution in [0.4, 0.5) is 0 Å². The van der Waals surface area contributed by atoms with E-state index in [0.29, 0.717) is 17.3 Å². The molecular formula is C12H13N2O2+. The Morgan fingerprint density at radius 2 is 2.00 bits per heavy atom. The summed E-state index contributed by atoms with van der Waals surface area (Å²) in [6.07, 6.45) is 5.73. The Hall–Kier alpha value is -1.16. The molecule has 1 heterocycles. The molecule has 2 amide bonds. The quantitative estimate of drug-likeness (QED) is 0.426. The summed E-state index contributed by atoms with van der Waals surface area (Å²) in [4.78, 5) is 24.1. The van der Waals surface area contributed by atoms with Crippen molar-refractivity contribution in [1.82, 2.24) is 5.01 Å². The van der Waals surface area contributed by atoms with E-state index in [2.05, 4.69) is 18.0 Å². The van der Waals surface area contributed by atoms with Gasteiger partial charge < -0.3 is 0 Å². The molecule has 4 heteroatoms. The lowest BCUT2D eigenvalue weighted by molar-refractivity contribution is -0.526. The molecular weight excluding hydrogens is 204 g/mol. The fourth-order valence-electron chi connectivity index (χ4n) is 5.13. The van der Waals surface area contributed by atoms with Gasteiger partial charge in [0.1, 0.15) is 0 Å². The fourth-order valence-corrected chi connectivity index (χ4v) is 5.13. The predicted molar refractivity (Wildman–Crippen MR) is 51.9 cm³/mol. The summed E-state index contributed by atoms with van der Waals surface area (Å²) in [7, 11) is 0. The number of carbonyl (C=O) groups is 2. The van der Waals surface area contributed by atoms with Crippen LogP contribution in [0.15, 0.2) is 12.2 Å². The van der Waals surface area contributed by atoms with Crippen molar-refractivity contribution in [3.05, 3.63) is 12.2 Å². The van der Waals surface area contributed by atoms with Gasteiger partial charge in [0.2, 0.25) is 0 Å². The van der Waals surface area contributed by atoms with E-state index in [9.17, 15) is 9.59 Å². The van der Waals surface area contributed by atoms with Crippen LogP contribution in [-0.4, -0.2) is 16.8 Å². The Bertz CT molecular complexity index is 499. The zero-order chi connectivity index (χ0) is 10.8. The molecule has 3 N–H and O–H groups in total. The first kappa shape index (κ1) is 8.01. The summed E-state index contributed by atoms with van der Waals surface area (Å²) < 4.78 is 0. The first-order valence-electron chi connectivity index (χ1n) is 6.04. The molecule has 4 fully saturated rings. The first-order chi connectivity index (χ1) is 7.68. The maximum absolute atomic E-state index is 12.1. The largest absolute Gasteiger partial charge is 0.280 e. The molecule has 6 aliphatic rings. The van der Waals surface area contributed by atoms with Gasteiger partial charge in [-0.05, 0) is 35.5 Å². The lowest BCUT2D eigenvalue weighted by atomic mass is 9.58. The molecule has 1 spiro atoms. The molecule has 0 aromatic rings. The van der Waals surface area contributed by atoms with Gasteiger partial charge in [-0.2, -0.15) is 0 Å². The van der Waals surface area contributed by atoms with Crippen LogP contribution < -0.4 is 5.84 Å². The third-order valence-electron chi connectivity index (χ3n) is 5.92. The van der Waals surface area contributed by atoms with Crippen molar-refractivity contribution in [2.24, 2.45) is 40.9 Å². The second-order valence-electron chi connectivity index (χ2n) is 6.09. The van der Waals surface area contributed by atoms with Crippen LogP contribution in [0.5, 0.6) is 0 Å². The van der Waals surface area contributed by atoms with Crippen molar-refractivity contribution >= 4 is 11.8 Å². The zero-order valence-electron chi connectivity index (χ0n) is 8.80. The van der Waals surface area contributed by atoms with E-state index in [-0.39, 0.29) is 23.7 Å². The van der Waals surface area contributed by atoms with E-state index in [1.54, 1.807) is 0 Å². The molecule has 7 unspecified atom stereocenters. The van der Waals surface area contributed by atoms with Gasteiger partial charge in [-0.3, -0.25) is 9.59 Å². The van der Waals surface area contributed by atoms with E-state index in [1.807, 2.05) is 0 Å². The Labute approximate surface area is 92.4 Å². The van der Waals surface area contributed by atoms with Crippen LogP contribution >= 0.6 is 0 Å². The highest BCUT2D eigenvalue weighted by molar-refractivity contribution is 6.04. The van der Waals surface area contributed by atoms with Crippen molar-refractivity contribution in [2.45, 2.75) is 6.42 Å². The Balaban J connectivity index is 1.72. The average Bonchev–Trinajstić information content (AvgIpc) is 3.11. The third kappa shape index (κ3) is 0.520. The minimum atomic E-state index is -0.0663. The molecule has 1 aliphatic heterocycles. The van der Waals surface area contributed by atoms with Gasteiger partial charge in [0.25, 0.3) is 11.8 Å². The number of carbonyl (C=O) groups excluding carboxylic acids is 2. The Morgan fingerprint density at radius 3 is 2.75 bits per heavy atom. The minimum absolute atomic E-state index is 0.0280. The summed E-state index contributed by atoms with van der Waals surface area (Å²) in [5, 5.41) is 1.13. The lowest BCUT2D eigenvalue weighted by Gasteiger charge is -2.42. The molecule has 16 heavy (non-hydrogen) atoms. The summed E-state index contributed by atoms with van der Waals surface area (Å²) in [6, 6.07) is 0. The monoisotopic (exact) mass is 217 g/mol. The molecule has 5 aliphatic carbocycles. The lowest BCUT2D eigenvalue weighted by Crippen LogP contribution is -2.70. The van der Waals surface area contributed by atoms with Crippen molar-refractivity contribution in [1.29, 1.82) is 0 Å². The number of amides is 2. The first-order valence-corrected chi connectivity index (χ1v) is 6.04. The van der Waals surface area contributed by atoms with Gasteiger partial charge in [-0.25, -0.2) is 5.84 Å². The number of imide groups is 1. The summed E-state index contributed by atoms with van der Waals surface area (Å²) in [5.41, 5.74) is 0.460. The van der Waals surface area contributed by atoms with Crippen LogP contribution in [0.1, 0.15) is 6.42 Å². The van der Waals surface area contributed by atoms with Crippen LogP contribution in [0, 0.1) is 40.9 Å². The van der Waals surface area contributed by atoms with Gasteiger partial charge in [-0.15, -0.1) is 5.01 Å². The molecule has 6 rings (SSSR count). The van der Waals surface area contributed by atoms with Crippen LogP contribution in [-0.2, 0) is 9.59 Å². The second-order valence-corrected chi connectivity index (χ2v) is 6.09. The SMILES string of the molecule is [NH3+]N1C(=O)C2C3C=CC(C2C1=O)C12CC1C32. The van der Waals surface area contributed by atoms with E-state index < -0.39 is 0 Å². The van der Waals surface area contributed by atoms with Crippen molar-refractivity contribution in [3.63, 3.8) is 0 Å². The Morgan fingerprint density at radius 1 is 1.25 bits per heavy atom. The molecule has 3 saturated carbocycles. The van der Waals surface area contributed by atoms with Gasteiger partial charge in [-0.1, -0.05) is 12.2 Å². The number of allylic oxidation sites excluding steroid dienone is 2. The number of hydrogen-bond acceptors (Lipinski definition) is 2. The number of nitrogens with zero attached hydrogens (tertiary/aromatic N) is 1. The molecule has 4 nitrogen and oxygen atoms in total. The van der Waals surface area contributed by atoms with Gasteiger partial charge >= 0.3 is 0 Å². The van der Waals surface area contributed by atoms with Crippen molar-refractivity contribution < 1.29 is 15.4 Å². The third-order valence-corrected chi connectivity index (χ3v) is 5.92. The highest BCUT2D eigenvalue weighted by atomic mass is 16.2. The molecule has 0 aromatic heterocycles. The normalized spacial score (nSPS) is 63.2. The number of rotatable bonds is 0. The van der Waals surface area contributed by atoms with E-state index in [4.69, 9.17) is 0 Å². The summed E-state index contributed by atoms with van der Waals surface area (Å²) in [6.45, 7) is 0. The van der Waals surface area contributed by atoms with Crippen LogP contribution in [0.2, 0.25) is 0 Å². The maximum Gasteiger partial charge on any atom is 0.280 e. The smallest absolute Gasteiger partial charge is 0.269 e. The van der Waals surface area contributed by atoms with Crippen LogP contribution in [0.25, 0.3) is 0 Å². The molecule has 0 aromatic carbocycles. The topological polar surface area (TPSA) is 65.0 Å². The highest BCUT2D eigenvalue weighted by Gasteiger charge is 2.88. The summed E-state index contributed by atoms with van der Waals surface area (Å²) >= 11 is 0. The minimum Gasteiger partial charge on any atom is -0.269 e. The van der Waals surface area contributed by atoms with Crippen LogP contribution in [0.3, 0.4) is 0 Å². The Kier molecular flexibility index (Phi) is 0.941. The average molecular weight is 217 g/mol. The van der Waals surface area contributed by atoms with Gasteiger partial charge in [0.05, 0.1) is 11.8 Å². The van der Waals surface area contributed by atoms with Crippen molar-refractivity contribution in [3.8, 4) is 0 Å². The number of hydrogen-bond donors (Lipinski definition) is 1. The highest BCUT2D eigenvalue weighted by Crippen LogP contribution is 2.90. The molecule has 1 saturated heterocycles. The van der Waals surface area contributed by atoms with E-state index in [1.165, 1.54) is 6.42 Å². The fraction of sp³-hybridized carbons (Fsp3) is 0.667. The predicted octanol–water partition coefficient (Wildman–Crippen LogP) is -0.804. The van der Waals surface area contributed by atoms with Crippen molar-refractivity contribution in [2.75, 3.05) is 0 Å². The number of quaternary nitrogens is 1. The van der Waals surface area contributed by atoms with Gasteiger partial charge in [0.15, 0.2) is 0 Å². The van der Waals surface area contributed by atoms with Gasteiger partial charge in [0, 0.05) is 0 Å². The molecule has 7 atom stereocenters. The molecule has 0 radical (unpaired) electrons.